The molecule has 4 nitrogen and oxygen atoms in total. The summed E-state index contributed by atoms with van der Waals surface area (Å²) in [5.41, 5.74) is 0.769. The minimum atomic E-state index is 0.769. The molecule has 0 spiro atoms. The molecule has 0 bridgehead atoms. The Bertz CT molecular complexity index is 281. The summed E-state index contributed by atoms with van der Waals surface area (Å²) in [5, 5.41) is 11.5. The van der Waals surface area contributed by atoms with Crippen molar-refractivity contribution in [2.24, 2.45) is 0 Å². The molecule has 47 valence electrons. The highest BCUT2D eigenvalue weighted by Gasteiger charge is 1.90. The minimum absolute atomic E-state index is 0.769. The molecular formula is C6H3N4. The normalized spacial score (nSPS) is 10.0. The molecule has 4 heteroatoms. The van der Waals surface area contributed by atoms with Crippen molar-refractivity contribution in [2.75, 3.05) is 0 Å². The minimum Gasteiger partial charge on any atom is -0.264 e. The first kappa shape index (κ1) is 5.22. The molecule has 0 aliphatic carbocycles. The lowest BCUT2D eigenvalue weighted by atomic mass is 10.3. The molecule has 0 saturated heterocycles. The summed E-state index contributed by atoms with van der Waals surface area (Å²) in [6, 6.07) is 1.76. The maximum absolute atomic E-state index is 3.87. The number of hydrogen-bond acceptors (Lipinski definition) is 4. The molecule has 0 aliphatic heterocycles. The monoisotopic (exact) mass is 131 g/mol. The Morgan fingerprint density at radius 2 is 2.40 bits per heavy atom. The molecule has 0 atom stereocenters. The second kappa shape index (κ2) is 1.98. The largest absolute Gasteiger partial charge is 0.264 e. The van der Waals surface area contributed by atoms with Crippen molar-refractivity contribution >= 4 is 10.9 Å². The average Bonchev–Trinajstić information content (AvgIpc) is 2.05. The van der Waals surface area contributed by atoms with E-state index in [1.165, 1.54) is 0 Å². The fourth-order valence-corrected chi connectivity index (χ4v) is 0.707. The Kier molecular flexibility index (Phi) is 1.04. The van der Waals surface area contributed by atoms with Gasteiger partial charge in [0.25, 0.3) is 0 Å². The first-order valence-corrected chi connectivity index (χ1v) is 2.77. The molecule has 0 fully saturated rings. The summed E-state index contributed by atoms with van der Waals surface area (Å²) in [4.78, 5) is 3.87. The Labute approximate surface area is 56.9 Å². The van der Waals surface area contributed by atoms with Gasteiger partial charge in [0.05, 0.1) is 5.39 Å². The van der Waals surface area contributed by atoms with Crippen LogP contribution in [0.1, 0.15) is 0 Å². The van der Waals surface area contributed by atoms with E-state index >= 15 is 0 Å². The van der Waals surface area contributed by atoms with Crippen molar-refractivity contribution in [2.45, 2.75) is 0 Å². The van der Waals surface area contributed by atoms with Gasteiger partial charge in [-0.05, 0) is 11.3 Å². The molecule has 0 saturated carbocycles. The molecule has 0 unspecified atom stereocenters. The van der Waals surface area contributed by atoms with Crippen molar-refractivity contribution < 1.29 is 0 Å². The lowest BCUT2D eigenvalue weighted by Gasteiger charge is -1.87. The molecule has 2 aromatic heterocycles. The molecule has 10 heavy (non-hydrogen) atoms. The number of fused-ring (bicyclic) bond motifs is 1. The molecular weight excluding hydrogens is 128 g/mol. The lowest BCUT2D eigenvalue weighted by molar-refractivity contribution is 0.889. The predicted molar refractivity (Wildman–Crippen MR) is 34.0 cm³/mol. The summed E-state index contributed by atoms with van der Waals surface area (Å²) >= 11 is 0. The van der Waals surface area contributed by atoms with Gasteiger partial charge in [0.2, 0.25) is 0 Å². The first-order valence-electron chi connectivity index (χ1n) is 2.77. The molecule has 0 aliphatic rings. The SMILES string of the molecule is [c]1nnnc2ccncc12. The van der Waals surface area contributed by atoms with E-state index in [4.69, 9.17) is 0 Å². The Balaban J connectivity index is 2.89. The Morgan fingerprint density at radius 1 is 1.40 bits per heavy atom. The topological polar surface area (TPSA) is 51.6 Å². The highest BCUT2D eigenvalue weighted by atomic mass is 15.3. The summed E-state index contributed by atoms with van der Waals surface area (Å²) in [5.74, 6) is 0. The third-order valence-corrected chi connectivity index (χ3v) is 1.17. The van der Waals surface area contributed by atoms with E-state index in [2.05, 4.69) is 26.6 Å². The van der Waals surface area contributed by atoms with E-state index in [0.717, 1.165) is 10.9 Å². The van der Waals surface area contributed by atoms with Gasteiger partial charge in [0.15, 0.2) is 0 Å². The summed E-state index contributed by atoms with van der Waals surface area (Å²) in [6.07, 6.45) is 5.97. The van der Waals surface area contributed by atoms with Crippen LogP contribution in [0.2, 0.25) is 0 Å². The van der Waals surface area contributed by atoms with Crippen LogP contribution in [0.4, 0.5) is 0 Å². The second-order valence-electron chi connectivity index (χ2n) is 1.79. The number of hydrogen-bond donors (Lipinski definition) is 0. The van der Waals surface area contributed by atoms with Crippen LogP contribution in [0.25, 0.3) is 10.9 Å². The van der Waals surface area contributed by atoms with Gasteiger partial charge < -0.3 is 0 Å². The van der Waals surface area contributed by atoms with Gasteiger partial charge >= 0.3 is 0 Å². The fourth-order valence-electron chi connectivity index (χ4n) is 0.707. The zero-order chi connectivity index (χ0) is 6.81. The second-order valence-corrected chi connectivity index (χ2v) is 1.79. The van der Waals surface area contributed by atoms with Crippen molar-refractivity contribution in [1.29, 1.82) is 0 Å². The first-order chi connectivity index (χ1) is 4.97. The van der Waals surface area contributed by atoms with Crippen LogP contribution >= 0.6 is 0 Å². The zero-order valence-corrected chi connectivity index (χ0v) is 5.02. The third kappa shape index (κ3) is 0.699. The summed E-state index contributed by atoms with van der Waals surface area (Å²) < 4.78 is 0. The van der Waals surface area contributed by atoms with Crippen molar-refractivity contribution in [3.63, 3.8) is 0 Å². The molecule has 2 rings (SSSR count). The Morgan fingerprint density at radius 3 is 3.30 bits per heavy atom. The van der Waals surface area contributed by atoms with Gasteiger partial charge in [-0.1, -0.05) is 0 Å². The van der Waals surface area contributed by atoms with E-state index in [0.29, 0.717) is 0 Å². The average molecular weight is 131 g/mol. The lowest BCUT2D eigenvalue weighted by Crippen LogP contribution is -1.87. The van der Waals surface area contributed by atoms with E-state index in [-0.39, 0.29) is 0 Å². The van der Waals surface area contributed by atoms with Gasteiger partial charge in [-0.15, -0.1) is 10.2 Å². The van der Waals surface area contributed by atoms with Crippen LogP contribution in [0, 0.1) is 6.20 Å². The van der Waals surface area contributed by atoms with Crippen LogP contribution in [-0.2, 0) is 0 Å². The van der Waals surface area contributed by atoms with Crippen molar-refractivity contribution in [1.82, 2.24) is 20.4 Å². The molecule has 2 aromatic rings. The van der Waals surface area contributed by atoms with Crippen molar-refractivity contribution in [3.05, 3.63) is 24.7 Å². The predicted octanol–water partition coefficient (Wildman–Crippen LogP) is 0.220. The van der Waals surface area contributed by atoms with Crippen LogP contribution in [0.15, 0.2) is 18.5 Å². The third-order valence-electron chi connectivity index (χ3n) is 1.17. The van der Waals surface area contributed by atoms with Crippen LogP contribution in [0.3, 0.4) is 0 Å². The standard InChI is InChI=1S/C6H3N4/c1-2-7-3-5-4-8-10-9-6(1)5/h1-3H. The number of pyridine rings is 1. The molecule has 0 aromatic carbocycles. The van der Waals surface area contributed by atoms with Crippen LogP contribution in [-0.4, -0.2) is 20.4 Å². The fraction of sp³-hybridized carbons (Fsp3) is 0. The van der Waals surface area contributed by atoms with Gasteiger partial charge in [-0.25, -0.2) is 0 Å². The number of rotatable bonds is 0. The highest BCUT2D eigenvalue weighted by Crippen LogP contribution is 2.02. The smallest absolute Gasteiger partial charge is 0.127 e. The zero-order valence-electron chi connectivity index (χ0n) is 5.02. The molecule has 1 radical (unpaired) electrons. The van der Waals surface area contributed by atoms with E-state index in [9.17, 15) is 0 Å². The van der Waals surface area contributed by atoms with E-state index in [1.54, 1.807) is 18.5 Å². The maximum atomic E-state index is 3.87. The van der Waals surface area contributed by atoms with Gasteiger partial charge in [0, 0.05) is 12.4 Å². The van der Waals surface area contributed by atoms with Gasteiger partial charge in [-0.2, -0.15) is 0 Å². The van der Waals surface area contributed by atoms with E-state index in [1.807, 2.05) is 0 Å². The maximum Gasteiger partial charge on any atom is 0.127 e. The quantitative estimate of drug-likeness (QED) is 0.513. The summed E-state index contributed by atoms with van der Waals surface area (Å²) in [7, 11) is 0. The summed E-state index contributed by atoms with van der Waals surface area (Å²) in [6.45, 7) is 0. The van der Waals surface area contributed by atoms with Crippen molar-refractivity contribution in [3.8, 4) is 0 Å². The molecule has 0 amide bonds. The highest BCUT2D eigenvalue weighted by molar-refractivity contribution is 5.74. The molecule has 2 heterocycles. The van der Waals surface area contributed by atoms with Crippen LogP contribution < -0.4 is 0 Å². The van der Waals surface area contributed by atoms with Crippen LogP contribution in [0.5, 0.6) is 0 Å². The number of aromatic nitrogens is 4. The van der Waals surface area contributed by atoms with Gasteiger partial charge in [0.1, 0.15) is 11.7 Å². The number of nitrogens with zero attached hydrogens (tertiary/aromatic N) is 4. The molecule has 0 N–H and O–H groups in total. The van der Waals surface area contributed by atoms with Gasteiger partial charge in [-0.3, -0.25) is 4.98 Å². The van der Waals surface area contributed by atoms with E-state index < -0.39 is 0 Å². The Hall–Kier alpha value is -1.58.